The van der Waals surface area contributed by atoms with Crippen molar-refractivity contribution in [2.75, 3.05) is 24.7 Å². The molecule has 14 heteroatoms. The lowest BCUT2D eigenvalue weighted by Gasteiger charge is -2.37. The number of Topliss-reactive ketones (excluding diaryl/α,β-unsaturated/α-hetero) is 1. The number of hydrogen-bond acceptors (Lipinski definition) is 8. The number of pyridine rings is 2. The molecule has 1 saturated heterocycles. The third-order valence-corrected chi connectivity index (χ3v) is 7.86. The van der Waals surface area contributed by atoms with E-state index in [-0.39, 0.29) is 35.4 Å². The number of aromatic nitrogens is 4. The molecule has 45 heavy (non-hydrogen) atoms. The summed E-state index contributed by atoms with van der Waals surface area (Å²) in [6.45, 7) is 3.49. The first-order valence-electron chi connectivity index (χ1n) is 14.2. The summed E-state index contributed by atoms with van der Waals surface area (Å²) in [5.41, 5.74) is 0.0807. The van der Waals surface area contributed by atoms with Crippen LogP contribution in [0.3, 0.4) is 0 Å². The van der Waals surface area contributed by atoms with Crippen LogP contribution in [0.1, 0.15) is 34.8 Å². The fourth-order valence-electron chi connectivity index (χ4n) is 5.50. The van der Waals surface area contributed by atoms with Gasteiger partial charge in [-0.25, -0.2) is 27.5 Å². The van der Waals surface area contributed by atoms with E-state index in [9.17, 15) is 28.0 Å². The molecule has 4 heterocycles. The molecular weight excluding hydrogens is 593 g/mol. The standard InChI is InChI=1S/C31H31F3N6O5/c1-17-10-20(39-8-9-45-16-21(39)13-26(33)34)12-23(32)28(17)29(42)37-24(18(2)41)11-19-4-5-27(36-14-19)40-30(43)22-6-7-35-15-25(22)38(3)31(40)44/h4-7,10,12,14-15,21,24,26H,8-9,11,13,16H2,1-3H3,(H,37,42)/t21-,24-/m0/s1. The van der Waals surface area contributed by atoms with E-state index < -0.39 is 53.7 Å². The molecule has 236 valence electrons. The van der Waals surface area contributed by atoms with Crippen LogP contribution in [0, 0.1) is 12.7 Å². The number of rotatable bonds is 9. The summed E-state index contributed by atoms with van der Waals surface area (Å²) in [5, 5.41) is 2.87. The van der Waals surface area contributed by atoms with Gasteiger partial charge in [0.1, 0.15) is 11.6 Å². The van der Waals surface area contributed by atoms with Gasteiger partial charge in [0.05, 0.1) is 48.0 Å². The molecule has 2 atom stereocenters. The summed E-state index contributed by atoms with van der Waals surface area (Å²) in [5.74, 6) is -1.98. The SMILES string of the molecule is CC(=O)[C@H](Cc1ccc(-n2c(=O)c3ccncc3n(C)c2=O)nc1)NC(=O)c1c(C)cc(N2CCOC[C@@H]2CC(F)F)cc1F. The fraction of sp³-hybridized carbons (Fsp3) is 0.355. The van der Waals surface area contributed by atoms with Crippen molar-refractivity contribution in [2.45, 2.75) is 45.2 Å². The number of alkyl halides is 2. The predicted molar refractivity (Wildman–Crippen MR) is 160 cm³/mol. The first kappa shape index (κ1) is 31.6. The van der Waals surface area contributed by atoms with E-state index in [1.807, 2.05) is 0 Å². The molecule has 11 nitrogen and oxygen atoms in total. The zero-order valence-electron chi connectivity index (χ0n) is 24.8. The molecular formula is C31H31F3N6O5. The van der Waals surface area contributed by atoms with Crippen LogP contribution in [0.2, 0.25) is 0 Å². The third kappa shape index (κ3) is 6.50. The van der Waals surface area contributed by atoms with E-state index in [1.165, 1.54) is 56.2 Å². The Balaban J connectivity index is 1.35. The predicted octanol–water partition coefficient (Wildman–Crippen LogP) is 2.72. The molecule has 0 radical (unpaired) electrons. The average molecular weight is 625 g/mol. The molecule has 1 amide bonds. The number of ketones is 1. The minimum absolute atomic E-state index is 0.00644. The number of fused-ring (bicyclic) bond motifs is 1. The van der Waals surface area contributed by atoms with E-state index in [0.29, 0.717) is 29.9 Å². The van der Waals surface area contributed by atoms with E-state index in [2.05, 4.69) is 15.3 Å². The number of nitrogens with one attached hydrogen (secondary N) is 1. The second-order valence-electron chi connectivity index (χ2n) is 10.9. The largest absolute Gasteiger partial charge is 0.377 e. The van der Waals surface area contributed by atoms with Crippen molar-refractivity contribution in [3.8, 4) is 5.82 Å². The molecule has 0 aliphatic carbocycles. The molecule has 1 aromatic carbocycles. The maximum Gasteiger partial charge on any atom is 0.337 e. The maximum absolute atomic E-state index is 15.4. The van der Waals surface area contributed by atoms with Crippen molar-refractivity contribution in [1.82, 2.24) is 24.4 Å². The highest BCUT2D eigenvalue weighted by molar-refractivity contribution is 5.99. The molecule has 0 spiro atoms. The fourth-order valence-corrected chi connectivity index (χ4v) is 5.50. The Morgan fingerprint density at radius 2 is 1.93 bits per heavy atom. The number of amides is 1. The van der Waals surface area contributed by atoms with Crippen molar-refractivity contribution in [1.29, 1.82) is 0 Å². The van der Waals surface area contributed by atoms with Gasteiger partial charge in [0.15, 0.2) is 5.78 Å². The maximum atomic E-state index is 15.4. The summed E-state index contributed by atoms with van der Waals surface area (Å²) < 4.78 is 49.1. The van der Waals surface area contributed by atoms with Gasteiger partial charge in [0.25, 0.3) is 11.5 Å². The minimum Gasteiger partial charge on any atom is -0.377 e. The smallest absolute Gasteiger partial charge is 0.337 e. The summed E-state index contributed by atoms with van der Waals surface area (Å²) in [6.07, 6.45) is 1.27. The summed E-state index contributed by atoms with van der Waals surface area (Å²) in [4.78, 5) is 61.6. The van der Waals surface area contributed by atoms with E-state index >= 15 is 4.39 Å². The number of morpholine rings is 1. The second kappa shape index (κ2) is 13.0. The van der Waals surface area contributed by atoms with Crippen molar-refractivity contribution < 1.29 is 27.5 Å². The Bertz CT molecular complexity index is 1850. The molecule has 5 rings (SSSR count). The van der Waals surface area contributed by atoms with Gasteiger partial charge < -0.3 is 15.0 Å². The number of ether oxygens (including phenoxy) is 1. The van der Waals surface area contributed by atoms with Crippen LogP contribution in [0.15, 0.2) is 58.5 Å². The van der Waals surface area contributed by atoms with Gasteiger partial charge in [-0.15, -0.1) is 0 Å². The lowest BCUT2D eigenvalue weighted by molar-refractivity contribution is -0.118. The van der Waals surface area contributed by atoms with Crippen molar-refractivity contribution in [2.24, 2.45) is 7.05 Å². The summed E-state index contributed by atoms with van der Waals surface area (Å²) >= 11 is 0. The van der Waals surface area contributed by atoms with Gasteiger partial charge in [-0.3, -0.25) is 23.9 Å². The van der Waals surface area contributed by atoms with Gasteiger partial charge in [-0.1, -0.05) is 6.07 Å². The molecule has 1 aliphatic rings. The van der Waals surface area contributed by atoms with Gasteiger partial charge >= 0.3 is 5.69 Å². The first-order chi connectivity index (χ1) is 21.5. The van der Waals surface area contributed by atoms with Crippen LogP contribution < -0.4 is 21.5 Å². The van der Waals surface area contributed by atoms with Crippen LogP contribution in [0.5, 0.6) is 0 Å². The minimum atomic E-state index is -2.56. The third-order valence-electron chi connectivity index (χ3n) is 7.86. The number of carbonyl (C=O) groups excluding carboxylic acids is 2. The zero-order valence-corrected chi connectivity index (χ0v) is 24.8. The lowest BCUT2D eigenvalue weighted by Crippen LogP contribution is -2.46. The Kier molecular flexibility index (Phi) is 9.14. The lowest BCUT2D eigenvalue weighted by atomic mass is 10.0. The second-order valence-corrected chi connectivity index (χ2v) is 10.9. The average Bonchev–Trinajstić information content (AvgIpc) is 3.00. The summed E-state index contributed by atoms with van der Waals surface area (Å²) in [6, 6.07) is 5.55. The highest BCUT2D eigenvalue weighted by Gasteiger charge is 2.29. The van der Waals surface area contributed by atoms with Crippen molar-refractivity contribution in [3.05, 3.63) is 92.3 Å². The molecule has 1 N–H and O–H groups in total. The molecule has 0 saturated carbocycles. The van der Waals surface area contributed by atoms with Crippen LogP contribution >= 0.6 is 0 Å². The van der Waals surface area contributed by atoms with Crippen molar-refractivity contribution in [3.63, 3.8) is 0 Å². The Hall–Kier alpha value is -4.85. The van der Waals surface area contributed by atoms with Gasteiger partial charge in [-0.2, -0.15) is 0 Å². The molecule has 4 aromatic rings. The van der Waals surface area contributed by atoms with Crippen LogP contribution in [-0.4, -0.2) is 69.1 Å². The Morgan fingerprint density at radius 3 is 2.60 bits per heavy atom. The molecule has 1 fully saturated rings. The molecule has 0 unspecified atom stereocenters. The van der Waals surface area contributed by atoms with E-state index in [4.69, 9.17) is 4.74 Å². The number of halogens is 3. The van der Waals surface area contributed by atoms with Crippen LogP contribution in [0.25, 0.3) is 16.7 Å². The monoisotopic (exact) mass is 624 g/mol. The quantitative estimate of drug-likeness (QED) is 0.301. The molecule has 3 aromatic heterocycles. The number of hydrogen-bond donors (Lipinski definition) is 1. The topological polar surface area (TPSA) is 128 Å². The Labute approximate surface area is 255 Å². The first-order valence-corrected chi connectivity index (χ1v) is 14.2. The number of nitrogens with zero attached hydrogens (tertiary/aromatic N) is 5. The normalized spacial score (nSPS) is 15.8. The van der Waals surface area contributed by atoms with Crippen molar-refractivity contribution >= 4 is 28.3 Å². The highest BCUT2D eigenvalue weighted by atomic mass is 19.3. The molecule has 0 bridgehead atoms. The van der Waals surface area contributed by atoms with Gasteiger partial charge in [-0.05, 0) is 49.2 Å². The zero-order chi connectivity index (χ0) is 32.4. The number of aryl methyl sites for hydroxylation is 2. The highest BCUT2D eigenvalue weighted by Crippen LogP contribution is 2.28. The molecule has 1 aliphatic heterocycles. The number of benzene rings is 1. The van der Waals surface area contributed by atoms with E-state index in [0.717, 1.165) is 10.6 Å². The van der Waals surface area contributed by atoms with Crippen LogP contribution in [-0.2, 0) is 23.0 Å². The van der Waals surface area contributed by atoms with Gasteiger partial charge in [0, 0.05) is 44.5 Å². The summed E-state index contributed by atoms with van der Waals surface area (Å²) in [7, 11) is 1.52. The van der Waals surface area contributed by atoms with E-state index in [1.54, 1.807) is 17.0 Å². The number of anilines is 1. The number of carbonyl (C=O) groups is 2. The Morgan fingerprint density at radius 1 is 1.16 bits per heavy atom. The van der Waals surface area contributed by atoms with Gasteiger partial charge in [0.2, 0.25) is 6.43 Å². The van der Waals surface area contributed by atoms with Crippen LogP contribution in [0.4, 0.5) is 18.9 Å².